The lowest BCUT2D eigenvalue weighted by Gasteiger charge is -2.30. The number of carbonyl (C=O) groups is 1. The van der Waals surface area contributed by atoms with Crippen molar-refractivity contribution in [1.29, 1.82) is 0 Å². The van der Waals surface area contributed by atoms with E-state index in [1.54, 1.807) is 24.3 Å². The van der Waals surface area contributed by atoms with Gasteiger partial charge in [-0.2, -0.15) is 4.31 Å². The standard InChI is InChI=1S/C21H34N2O6S/c1-5-19(22-21(25)29-17-10-11-28-14-17)20(24)13-23(12-15(2)3)30(26,27)18-8-6-16(4)7-9-18/h6-9,15,17,19-20,24H,5,10-14H2,1-4H3,(H,22,25)/t17?,19-,20+/m0/s1. The van der Waals surface area contributed by atoms with E-state index in [-0.39, 0.29) is 30.0 Å². The van der Waals surface area contributed by atoms with E-state index in [2.05, 4.69) is 5.32 Å². The minimum atomic E-state index is -3.78. The van der Waals surface area contributed by atoms with Gasteiger partial charge in [0, 0.05) is 19.5 Å². The van der Waals surface area contributed by atoms with E-state index in [0.29, 0.717) is 26.1 Å². The van der Waals surface area contributed by atoms with Crippen molar-refractivity contribution in [1.82, 2.24) is 9.62 Å². The van der Waals surface area contributed by atoms with Crippen molar-refractivity contribution in [3.63, 3.8) is 0 Å². The van der Waals surface area contributed by atoms with E-state index in [1.807, 2.05) is 27.7 Å². The van der Waals surface area contributed by atoms with Gasteiger partial charge in [-0.15, -0.1) is 0 Å². The van der Waals surface area contributed by atoms with Crippen LogP contribution in [0.25, 0.3) is 0 Å². The van der Waals surface area contributed by atoms with Crippen LogP contribution in [0.4, 0.5) is 4.79 Å². The minimum absolute atomic E-state index is 0.0674. The lowest BCUT2D eigenvalue weighted by molar-refractivity contribution is 0.0637. The Bertz CT molecular complexity index is 775. The van der Waals surface area contributed by atoms with Gasteiger partial charge in [-0.3, -0.25) is 0 Å². The van der Waals surface area contributed by atoms with Crippen molar-refractivity contribution >= 4 is 16.1 Å². The predicted octanol–water partition coefficient (Wildman–Crippen LogP) is 2.30. The third kappa shape index (κ3) is 6.94. The van der Waals surface area contributed by atoms with Gasteiger partial charge < -0.3 is 19.9 Å². The lowest BCUT2D eigenvalue weighted by atomic mass is 10.1. The summed E-state index contributed by atoms with van der Waals surface area (Å²) in [6.07, 6.45) is -0.935. The van der Waals surface area contributed by atoms with Crippen molar-refractivity contribution in [2.75, 3.05) is 26.3 Å². The monoisotopic (exact) mass is 442 g/mol. The van der Waals surface area contributed by atoms with Crippen molar-refractivity contribution in [3.8, 4) is 0 Å². The maximum absolute atomic E-state index is 13.2. The van der Waals surface area contributed by atoms with Crippen molar-refractivity contribution in [3.05, 3.63) is 29.8 Å². The molecule has 9 heteroatoms. The molecule has 2 rings (SSSR count). The molecule has 2 N–H and O–H groups in total. The van der Waals surface area contributed by atoms with Crippen LogP contribution in [0.15, 0.2) is 29.2 Å². The number of nitrogens with one attached hydrogen (secondary N) is 1. The zero-order valence-electron chi connectivity index (χ0n) is 18.2. The Labute approximate surface area is 179 Å². The lowest BCUT2D eigenvalue weighted by Crippen LogP contribution is -2.50. The molecule has 1 fully saturated rings. The number of ether oxygens (including phenoxy) is 2. The highest BCUT2D eigenvalue weighted by Crippen LogP contribution is 2.19. The maximum atomic E-state index is 13.2. The number of aryl methyl sites for hydroxylation is 1. The normalized spacial score (nSPS) is 19.1. The zero-order valence-corrected chi connectivity index (χ0v) is 19.0. The van der Waals surface area contributed by atoms with E-state index in [1.165, 1.54) is 4.31 Å². The number of aliphatic hydroxyl groups is 1. The first-order valence-electron chi connectivity index (χ1n) is 10.4. The second-order valence-electron chi connectivity index (χ2n) is 8.15. The molecule has 0 radical (unpaired) electrons. The zero-order chi connectivity index (χ0) is 22.3. The van der Waals surface area contributed by atoms with Gasteiger partial charge in [-0.05, 0) is 31.4 Å². The molecule has 1 amide bonds. The summed E-state index contributed by atoms with van der Waals surface area (Å²) < 4.78 is 38.1. The Balaban J connectivity index is 2.09. The third-order valence-electron chi connectivity index (χ3n) is 4.99. The Kier molecular flexibility index (Phi) is 9.09. The van der Waals surface area contributed by atoms with E-state index in [0.717, 1.165) is 5.56 Å². The van der Waals surface area contributed by atoms with Crippen LogP contribution < -0.4 is 5.32 Å². The molecule has 1 heterocycles. The van der Waals surface area contributed by atoms with Crippen LogP contribution >= 0.6 is 0 Å². The number of nitrogens with zero attached hydrogens (tertiary/aromatic N) is 1. The fourth-order valence-corrected chi connectivity index (χ4v) is 4.91. The number of rotatable bonds is 10. The molecule has 0 aromatic heterocycles. The summed E-state index contributed by atoms with van der Waals surface area (Å²) in [5, 5.41) is 13.4. The number of carbonyl (C=O) groups excluding carboxylic acids is 1. The van der Waals surface area contributed by atoms with Crippen LogP contribution in [-0.4, -0.2) is 68.5 Å². The minimum Gasteiger partial charge on any atom is -0.444 e. The number of sulfonamides is 1. The molecule has 1 saturated heterocycles. The van der Waals surface area contributed by atoms with Gasteiger partial charge in [0.2, 0.25) is 10.0 Å². The Morgan fingerprint density at radius 2 is 1.97 bits per heavy atom. The summed E-state index contributed by atoms with van der Waals surface area (Å²) in [6, 6.07) is 6.00. The molecular weight excluding hydrogens is 408 g/mol. The van der Waals surface area contributed by atoms with Crippen LogP contribution in [0.5, 0.6) is 0 Å². The highest BCUT2D eigenvalue weighted by Gasteiger charge is 2.31. The molecule has 1 unspecified atom stereocenters. The first-order valence-corrected chi connectivity index (χ1v) is 11.9. The van der Waals surface area contributed by atoms with Crippen LogP contribution in [0.3, 0.4) is 0 Å². The van der Waals surface area contributed by atoms with Crippen LogP contribution in [0.1, 0.15) is 39.2 Å². The van der Waals surface area contributed by atoms with Crippen LogP contribution in [0.2, 0.25) is 0 Å². The number of hydrogen-bond donors (Lipinski definition) is 2. The first-order chi connectivity index (χ1) is 14.1. The number of alkyl carbamates (subject to hydrolysis) is 1. The summed E-state index contributed by atoms with van der Waals surface area (Å²) in [5.74, 6) is 0.0674. The summed E-state index contributed by atoms with van der Waals surface area (Å²) in [5.41, 5.74) is 0.964. The van der Waals surface area contributed by atoms with Crippen LogP contribution in [0, 0.1) is 12.8 Å². The smallest absolute Gasteiger partial charge is 0.407 e. The number of amides is 1. The van der Waals surface area contributed by atoms with Crippen molar-refractivity contribution in [2.45, 2.75) is 63.7 Å². The second-order valence-corrected chi connectivity index (χ2v) is 10.1. The van der Waals surface area contributed by atoms with Gasteiger partial charge in [0.1, 0.15) is 6.10 Å². The summed E-state index contributed by atoms with van der Waals surface area (Å²) in [7, 11) is -3.78. The molecule has 1 aromatic carbocycles. The second kappa shape index (κ2) is 11.1. The topological polar surface area (TPSA) is 105 Å². The highest BCUT2D eigenvalue weighted by molar-refractivity contribution is 7.89. The van der Waals surface area contributed by atoms with Crippen molar-refractivity contribution in [2.24, 2.45) is 5.92 Å². The van der Waals surface area contributed by atoms with E-state index in [4.69, 9.17) is 9.47 Å². The Morgan fingerprint density at radius 1 is 1.30 bits per heavy atom. The van der Waals surface area contributed by atoms with E-state index >= 15 is 0 Å². The summed E-state index contributed by atoms with van der Waals surface area (Å²) in [6.45, 7) is 8.59. The SMILES string of the molecule is CC[C@H](NC(=O)OC1CCOC1)[C@H](O)CN(CC(C)C)S(=O)(=O)c1ccc(C)cc1. The maximum Gasteiger partial charge on any atom is 0.407 e. The molecule has 30 heavy (non-hydrogen) atoms. The number of benzene rings is 1. The third-order valence-corrected chi connectivity index (χ3v) is 6.83. The molecule has 1 aromatic rings. The fourth-order valence-electron chi connectivity index (χ4n) is 3.29. The van der Waals surface area contributed by atoms with Crippen LogP contribution in [-0.2, 0) is 19.5 Å². The molecule has 0 aliphatic carbocycles. The van der Waals surface area contributed by atoms with Gasteiger partial charge in [0.25, 0.3) is 0 Å². The van der Waals surface area contributed by atoms with Gasteiger partial charge in [0.05, 0.1) is 30.3 Å². The number of aliphatic hydroxyl groups excluding tert-OH is 1. The molecule has 0 saturated carbocycles. The average molecular weight is 443 g/mol. The average Bonchev–Trinajstić information content (AvgIpc) is 3.18. The molecule has 0 spiro atoms. The highest BCUT2D eigenvalue weighted by atomic mass is 32.2. The Morgan fingerprint density at radius 3 is 2.50 bits per heavy atom. The van der Waals surface area contributed by atoms with Gasteiger partial charge >= 0.3 is 6.09 Å². The van der Waals surface area contributed by atoms with E-state index in [9.17, 15) is 18.3 Å². The molecule has 1 aliphatic rings. The van der Waals surface area contributed by atoms with Gasteiger partial charge in [-0.1, -0.05) is 38.5 Å². The van der Waals surface area contributed by atoms with Gasteiger partial charge in [-0.25, -0.2) is 13.2 Å². The molecule has 1 aliphatic heterocycles. The summed E-state index contributed by atoms with van der Waals surface area (Å²) >= 11 is 0. The van der Waals surface area contributed by atoms with E-state index < -0.39 is 28.3 Å². The quantitative estimate of drug-likeness (QED) is 0.576. The first kappa shape index (κ1) is 24.6. The summed E-state index contributed by atoms with van der Waals surface area (Å²) in [4.78, 5) is 12.3. The Hall–Kier alpha value is -1.68. The fraction of sp³-hybridized carbons (Fsp3) is 0.667. The molecule has 0 bridgehead atoms. The largest absolute Gasteiger partial charge is 0.444 e. The number of hydrogen-bond acceptors (Lipinski definition) is 6. The molecule has 8 nitrogen and oxygen atoms in total. The molecule has 170 valence electrons. The van der Waals surface area contributed by atoms with Gasteiger partial charge in [0.15, 0.2) is 0 Å². The predicted molar refractivity (Wildman–Crippen MR) is 114 cm³/mol. The molecular formula is C21H34N2O6S. The molecule has 3 atom stereocenters. The van der Waals surface area contributed by atoms with Crippen molar-refractivity contribution < 1.29 is 27.8 Å².